The van der Waals surface area contributed by atoms with Crippen LogP contribution in [0.2, 0.25) is 5.02 Å². The van der Waals surface area contributed by atoms with Gasteiger partial charge in [-0.1, -0.05) is 23.7 Å². The lowest BCUT2D eigenvalue weighted by atomic mass is 9.98. The second-order valence-electron chi connectivity index (χ2n) is 3.78. The van der Waals surface area contributed by atoms with Gasteiger partial charge in [-0.3, -0.25) is 9.59 Å². The van der Waals surface area contributed by atoms with E-state index in [9.17, 15) is 14.7 Å². The van der Waals surface area contributed by atoms with E-state index in [1.54, 1.807) is 24.3 Å². The summed E-state index contributed by atoms with van der Waals surface area (Å²) >= 11 is 5.76. The first-order valence-corrected chi connectivity index (χ1v) is 5.39. The van der Waals surface area contributed by atoms with Gasteiger partial charge in [0.05, 0.1) is 11.6 Å². The quantitative estimate of drug-likeness (QED) is 0.844. The van der Waals surface area contributed by atoms with Crippen LogP contribution in [0.25, 0.3) is 0 Å². The molecule has 0 saturated heterocycles. The maximum atomic E-state index is 11.4. The first kappa shape index (κ1) is 11.7. The number of rotatable bonds is 2. The lowest BCUT2D eigenvalue weighted by molar-refractivity contribution is -0.119. The molecule has 4 nitrogen and oxygen atoms in total. The summed E-state index contributed by atoms with van der Waals surface area (Å²) in [6.45, 7) is 1.31. The topological polar surface area (TPSA) is 66.4 Å². The van der Waals surface area contributed by atoms with Crippen molar-refractivity contribution < 1.29 is 14.7 Å². The number of aliphatic hydroxyl groups excluding tert-OH is 1. The van der Waals surface area contributed by atoms with Gasteiger partial charge in [0.25, 0.3) is 5.91 Å². The number of carbonyl (C=O) groups is 2. The fourth-order valence-electron chi connectivity index (χ4n) is 1.81. The van der Waals surface area contributed by atoms with E-state index in [0.717, 1.165) is 0 Å². The summed E-state index contributed by atoms with van der Waals surface area (Å²) in [7, 11) is 0. The van der Waals surface area contributed by atoms with Gasteiger partial charge in [0.15, 0.2) is 11.5 Å². The first-order valence-electron chi connectivity index (χ1n) is 5.01. The lowest BCUT2D eigenvalue weighted by Gasteiger charge is -2.13. The van der Waals surface area contributed by atoms with Crippen LogP contribution in [0.3, 0.4) is 0 Å². The summed E-state index contributed by atoms with van der Waals surface area (Å²) in [5.74, 6) is -1.46. The summed E-state index contributed by atoms with van der Waals surface area (Å²) in [6.07, 6.45) is 0. The zero-order valence-corrected chi connectivity index (χ0v) is 9.78. The molecule has 0 radical (unpaired) electrons. The second-order valence-corrected chi connectivity index (χ2v) is 4.21. The number of aliphatic hydroxyl groups is 1. The Morgan fingerprint density at radius 2 is 1.94 bits per heavy atom. The lowest BCUT2D eigenvalue weighted by Crippen LogP contribution is -2.23. The van der Waals surface area contributed by atoms with Gasteiger partial charge in [0.2, 0.25) is 0 Å². The minimum atomic E-state index is -0.629. The van der Waals surface area contributed by atoms with Crippen molar-refractivity contribution in [2.75, 3.05) is 0 Å². The molecule has 0 aromatic heterocycles. The third-order valence-corrected chi connectivity index (χ3v) is 2.87. The van der Waals surface area contributed by atoms with E-state index in [1.165, 1.54) is 6.92 Å². The number of nitrogens with one attached hydrogen (secondary N) is 1. The number of hydrogen-bond acceptors (Lipinski definition) is 3. The Labute approximate surface area is 103 Å². The zero-order valence-electron chi connectivity index (χ0n) is 9.03. The van der Waals surface area contributed by atoms with Crippen LogP contribution in [0.4, 0.5) is 0 Å². The van der Waals surface area contributed by atoms with E-state index >= 15 is 0 Å². The summed E-state index contributed by atoms with van der Waals surface area (Å²) in [5, 5.41) is 12.6. The highest BCUT2D eigenvalue weighted by Crippen LogP contribution is 2.30. The average Bonchev–Trinajstić information content (AvgIpc) is 2.56. The molecule has 2 N–H and O–H groups in total. The molecule has 1 aromatic rings. The van der Waals surface area contributed by atoms with Crippen molar-refractivity contribution in [1.82, 2.24) is 5.32 Å². The fraction of sp³-hybridized carbons (Fsp3) is 0.167. The number of benzene rings is 1. The number of carbonyl (C=O) groups excluding carboxylic acids is 2. The Bertz CT molecular complexity index is 519. The van der Waals surface area contributed by atoms with E-state index in [2.05, 4.69) is 5.32 Å². The van der Waals surface area contributed by atoms with Crippen LogP contribution >= 0.6 is 11.6 Å². The normalized spacial score (nSPS) is 19.4. The Hall–Kier alpha value is -1.81. The molecule has 0 unspecified atom stereocenters. The van der Waals surface area contributed by atoms with E-state index in [4.69, 9.17) is 11.6 Å². The van der Waals surface area contributed by atoms with Crippen LogP contribution < -0.4 is 5.32 Å². The molecule has 0 spiro atoms. The van der Waals surface area contributed by atoms with Crippen LogP contribution in [0, 0.1) is 0 Å². The molecule has 1 atom stereocenters. The molecule has 1 aliphatic heterocycles. The predicted molar refractivity (Wildman–Crippen MR) is 62.7 cm³/mol. The molecule has 88 valence electrons. The molecule has 2 rings (SSSR count). The van der Waals surface area contributed by atoms with E-state index in [0.29, 0.717) is 10.6 Å². The SMILES string of the molecule is CC(=O)C1=C(O)C(=O)N[C@H]1c1ccc(Cl)cc1. The van der Waals surface area contributed by atoms with Gasteiger partial charge >= 0.3 is 0 Å². The van der Waals surface area contributed by atoms with Crippen molar-refractivity contribution in [3.05, 3.63) is 46.2 Å². The van der Waals surface area contributed by atoms with Crippen LogP contribution in [0.15, 0.2) is 35.6 Å². The zero-order chi connectivity index (χ0) is 12.6. The highest BCUT2D eigenvalue weighted by Gasteiger charge is 2.35. The Balaban J connectivity index is 2.44. The number of amides is 1. The van der Waals surface area contributed by atoms with Gasteiger partial charge in [-0.15, -0.1) is 0 Å². The molecule has 1 amide bonds. The van der Waals surface area contributed by atoms with Crippen LogP contribution in [-0.4, -0.2) is 16.8 Å². The van der Waals surface area contributed by atoms with Crippen molar-refractivity contribution in [2.45, 2.75) is 13.0 Å². The van der Waals surface area contributed by atoms with Gasteiger partial charge < -0.3 is 10.4 Å². The van der Waals surface area contributed by atoms with E-state index in [1.807, 2.05) is 0 Å². The number of hydrogen-bond donors (Lipinski definition) is 2. The van der Waals surface area contributed by atoms with Crippen molar-refractivity contribution in [3.63, 3.8) is 0 Å². The number of halogens is 1. The molecule has 0 aliphatic carbocycles. The largest absolute Gasteiger partial charge is 0.503 e. The first-order chi connectivity index (χ1) is 8.00. The Morgan fingerprint density at radius 3 is 2.47 bits per heavy atom. The standard InChI is InChI=1S/C12H10ClNO3/c1-6(15)9-10(14-12(17)11(9)16)7-2-4-8(13)5-3-7/h2-5,10,16H,1H3,(H,14,17)/t10-/m0/s1. The fourth-order valence-corrected chi connectivity index (χ4v) is 1.93. The van der Waals surface area contributed by atoms with Crippen LogP contribution in [0.5, 0.6) is 0 Å². The minimum absolute atomic E-state index is 0.0947. The highest BCUT2D eigenvalue weighted by molar-refractivity contribution is 6.30. The molecule has 1 heterocycles. The molecular formula is C12H10ClNO3. The molecule has 0 fully saturated rings. The summed E-state index contributed by atoms with van der Waals surface area (Å²) in [6, 6.07) is 6.13. The van der Waals surface area contributed by atoms with Crippen molar-refractivity contribution in [1.29, 1.82) is 0 Å². The highest BCUT2D eigenvalue weighted by atomic mass is 35.5. The molecule has 0 bridgehead atoms. The number of ketones is 1. The summed E-state index contributed by atoms with van der Waals surface area (Å²) in [4.78, 5) is 22.8. The van der Waals surface area contributed by atoms with Gasteiger partial charge in [-0.05, 0) is 24.6 Å². The van der Waals surface area contributed by atoms with Crippen molar-refractivity contribution in [2.24, 2.45) is 0 Å². The Morgan fingerprint density at radius 1 is 1.35 bits per heavy atom. The average molecular weight is 252 g/mol. The molecular weight excluding hydrogens is 242 g/mol. The van der Waals surface area contributed by atoms with Crippen molar-refractivity contribution >= 4 is 23.3 Å². The van der Waals surface area contributed by atoms with Gasteiger partial charge in [0, 0.05) is 5.02 Å². The van der Waals surface area contributed by atoms with Crippen LogP contribution in [-0.2, 0) is 9.59 Å². The van der Waals surface area contributed by atoms with E-state index in [-0.39, 0.29) is 11.4 Å². The maximum absolute atomic E-state index is 11.4. The minimum Gasteiger partial charge on any atom is -0.503 e. The third kappa shape index (κ3) is 2.03. The molecule has 17 heavy (non-hydrogen) atoms. The van der Waals surface area contributed by atoms with E-state index < -0.39 is 17.7 Å². The van der Waals surface area contributed by atoms with Crippen molar-refractivity contribution in [3.8, 4) is 0 Å². The van der Waals surface area contributed by atoms with Gasteiger partial charge in [-0.2, -0.15) is 0 Å². The van der Waals surface area contributed by atoms with Gasteiger partial charge in [0.1, 0.15) is 0 Å². The summed E-state index contributed by atoms with van der Waals surface area (Å²) in [5.41, 5.74) is 0.800. The number of Topliss-reactive ketones (excluding diaryl/α,β-unsaturated/α-hetero) is 1. The molecule has 1 aliphatic rings. The predicted octanol–water partition coefficient (Wildman–Crippen LogP) is 1.91. The van der Waals surface area contributed by atoms with Gasteiger partial charge in [-0.25, -0.2) is 0 Å². The third-order valence-electron chi connectivity index (χ3n) is 2.62. The molecule has 5 heteroatoms. The molecule has 1 aromatic carbocycles. The molecule has 0 saturated carbocycles. The summed E-state index contributed by atoms with van der Waals surface area (Å²) < 4.78 is 0. The monoisotopic (exact) mass is 251 g/mol. The second kappa shape index (κ2) is 4.22. The van der Waals surface area contributed by atoms with Crippen LogP contribution in [0.1, 0.15) is 18.5 Å². The Kier molecular flexibility index (Phi) is 2.90. The maximum Gasteiger partial charge on any atom is 0.287 e. The smallest absolute Gasteiger partial charge is 0.287 e.